The van der Waals surface area contributed by atoms with Crippen molar-refractivity contribution in [1.82, 2.24) is 0 Å². The van der Waals surface area contributed by atoms with Crippen molar-refractivity contribution < 1.29 is 4.74 Å². The van der Waals surface area contributed by atoms with Crippen LogP contribution in [0.1, 0.15) is 26.3 Å². The van der Waals surface area contributed by atoms with Gasteiger partial charge in [-0.2, -0.15) is 0 Å². The molecule has 0 saturated heterocycles. The second-order valence-electron chi connectivity index (χ2n) is 5.50. The van der Waals surface area contributed by atoms with Gasteiger partial charge in [-0.3, -0.25) is 0 Å². The highest BCUT2D eigenvalue weighted by atomic mass is 35.5. The molecule has 2 nitrogen and oxygen atoms in total. The molecule has 3 heteroatoms. The van der Waals surface area contributed by atoms with Gasteiger partial charge in [-0.25, -0.2) is 0 Å². The Bertz CT molecular complexity index is 588. The molecule has 0 spiro atoms. The number of ether oxygens (including phenoxy) is 1. The van der Waals surface area contributed by atoms with Crippen LogP contribution in [0.5, 0.6) is 11.5 Å². The summed E-state index contributed by atoms with van der Waals surface area (Å²) in [5.74, 6) is 1.40. The zero-order chi connectivity index (χ0) is 14.0. The fourth-order valence-electron chi connectivity index (χ4n) is 1.90. The Morgan fingerprint density at radius 1 is 0.947 bits per heavy atom. The van der Waals surface area contributed by atoms with Crippen LogP contribution in [0.25, 0.3) is 0 Å². The zero-order valence-electron chi connectivity index (χ0n) is 11.4. The average molecular weight is 276 g/mol. The summed E-state index contributed by atoms with van der Waals surface area (Å²) in [6.07, 6.45) is 0. The van der Waals surface area contributed by atoms with Gasteiger partial charge < -0.3 is 10.5 Å². The lowest BCUT2D eigenvalue weighted by molar-refractivity contribution is 0.457. The maximum atomic E-state index is 6.00. The summed E-state index contributed by atoms with van der Waals surface area (Å²) in [4.78, 5) is 0. The highest BCUT2D eigenvalue weighted by Gasteiger charge is 2.19. The molecule has 2 N–H and O–H groups in total. The summed E-state index contributed by atoms with van der Waals surface area (Å²) >= 11 is 6.00. The summed E-state index contributed by atoms with van der Waals surface area (Å²) in [7, 11) is 0. The van der Waals surface area contributed by atoms with Gasteiger partial charge in [-0.15, -0.1) is 0 Å². The average Bonchev–Trinajstić information content (AvgIpc) is 2.34. The third-order valence-electron chi connectivity index (χ3n) is 2.93. The molecule has 0 radical (unpaired) electrons. The molecule has 0 heterocycles. The number of rotatable bonds is 2. The molecule has 19 heavy (non-hydrogen) atoms. The minimum absolute atomic E-state index is 0.00390. The third-order valence-corrected chi connectivity index (χ3v) is 3.26. The van der Waals surface area contributed by atoms with E-state index in [2.05, 4.69) is 26.8 Å². The standard InChI is InChI=1S/C16H18ClNO/c1-16(2,3)11-7-4-5-9-13(11)19-14-10-6-8-12(17)15(14)18/h4-10H,18H2,1-3H3. The van der Waals surface area contributed by atoms with Gasteiger partial charge in [-0.05, 0) is 23.6 Å². The van der Waals surface area contributed by atoms with Crippen LogP contribution in [-0.4, -0.2) is 0 Å². The molecule has 0 aromatic heterocycles. The van der Waals surface area contributed by atoms with Crippen LogP contribution in [0.15, 0.2) is 42.5 Å². The number of nitrogens with two attached hydrogens (primary N) is 1. The van der Waals surface area contributed by atoms with E-state index in [1.54, 1.807) is 6.07 Å². The van der Waals surface area contributed by atoms with Crippen molar-refractivity contribution in [2.24, 2.45) is 0 Å². The van der Waals surface area contributed by atoms with Crippen molar-refractivity contribution in [2.75, 3.05) is 5.73 Å². The first-order valence-corrected chi connectivity index (χ1v) is 6.59. The predicted molar refractivity (Wildman–Crippen MR) is 81.1 cm³/mol. The van der Waals surface area contributed by atoms with E-state index in [1.165, 1.54) is 0 Å². The first-order valence-electron chi connectivity index (χ1n) is 6.21. The summed E-state index contributed by atoms with van der Waals surface area (Å²) in [6.45, 7) is 6.45. The van der Waals surface area contributed by atoms with Crippen molar-refractivity contribution in [2.45, 2.75) is 26.2 Å². The second-order valence-corrected chi connectivity index (χ2v) is 5.91. The number of hydrogen-bond donors (Lipinski definition) is 1. The van der Waals surface area contributed by atoms with Crippen molar-refractivity contribution in [3.8, 4) is 11.5 Å². The van der Waals surface area contributed by atoms with E-state index in [1.807, 2.05) is 30.3 Å². The molecule has 2 aromatic carbocycles. The molecule has 0 aliphatic carbocycles. The number of anilines is 1. The largest absolute Gasteiger partial charge is 0.455 e. The Labute approximate surface area is 119 Å². The molecule has 0 atom stereocenters. The van der Waals surface area contributed by atoms with E-state index < -0.39 is 0 Å². The minimum Gasteiger partial charge on any atom is -0.455 e. The first-order chi connectivity index (χ1) is 8.89. The van der Waals surface area contributed by atoms with Gasteiger partial charge in [-0.1, -0.05) is 56.6 Å². The Hall–Kier alpha value is -1.67. The summed E-state index contributed by atoms with van der Waals surface area (Å²) in [5.41, 5.74) is 7.54. The van der Waals surface area contributed by atoms with Gasteiger partial charge in [0.1, 0.15) is 5.75 Å². The molecule has 2 rings (SSSR count). The molecular formula is C16H18ClNO. The Morgan fingerprint density at radius 2 is 1.58 bits per heavy atom. The van der Waals surface area contributed by atoms with Crippen LogP contribution >= 0.6 is 11.6 Å². The molecule has 0 fully saturated rings. The Morgan fingerprint density at radius 3 is 2.26 bits per heavy atom. The van der Waals surface area contributed by atoms with Crippen LogP contribution in [-0.2, 0) is 5.41 Å². The van der Waals surface area contributed by atoms with Crippen LogP contribution in [0, 0.1) is 0 Å². The molecule has 0 aliphatic heterocycles. The fourth-order valence-corrected chi connectivity index (χ4v) is 2.07. The summed E-state index contributed by atoms with van der Waals surface area (Å²) < 4.78 is 5.94. The highest BCUT2D eigenvalue weighted by Crippen LogP contribution is 2.37. The fraction of sp³-hybridized carbons (Fsp3) is 0.250. The van der Waals surface area contributed by atoms with Crippen molar-refractivity contribution >= 4 is 17.3 Å². The minimum atomic E-state index is 0.00390. The van der Waals surface area contributed by atoms with Crippen LogP contribution in [0.4, 0.5) is 5.69 Å². The molecule has 100 valence electrons. The van der Waals surface area contributed by atoms with E-state index >= 15 is 0 Å². The molecule has 0 saturated carbocycles. The number of halogens is 1. The van der Waals surface area contributed by atoms with Crippen LogP contribution < -0.4 is 10.5 Å². The van der Waals surface area contributed by atoms with Gasteiger partial charge in [0.05, 0.1) is 10.7 Å². The molecule has 0 amide bonds. The van der Waals surface area contributed by atoms with Gasteiger partial charge in [0.15, 0.2) is 5.75 Å². The summed E-state index contributed by atoms with van der Waals surface area (Å²) in [5, 5.41) is 0.505. The lowest BCUT2D eigenvalue weighted by Crippen LogP contribution is -2.12. The van der Waals surface area contributed by atoms with E-state index in [4.69, 9.17) is 22.1 Å². The molecule has 2 aromatic rings. The topological polar surface area (TPSA) is 35.2 Å². The molecule has 0 unspecified atom stereocenters. The normalized spacial score (nSPS) is 11.4. The first kappa shape index (κ1) is 13.8. The highest BCUT2D eigenvalue weighted by molar-refractivity contribution is 6.33. The number of benzene rings is 2. The summed E-state index contributed by atoms with van der Waals surface area (Å²) in [6, 6.07) is 13.4. The smallest absolute Gasteiger partial charge is 0.151 e. The number of para-hydroxylation sites is 2. The van der Waals surface area contributed by atoms with Gasteiger partial charge in [0.2, 0.25) is 0 Å². The quantitative estimate of drug-likeness (QED) is 0.782. The third kappa shape index (κ3) is 3.02. The SMILES string of the molecule is CC(C)(C)c1ccccc1Oc1cccc(Cl)c1N. The van der Waals surface area contributed by atoms with Crippen LogP contribution in [0.2, 0.25) is 5.02 Å². The maximum absolute atomic E-state index is 6.00. The van der Waals surface area contributed by atoms with Gasteiger partial charge in [0, 0.05) is 5.56 Å². The van der Waals surface area contributed by atoms with E-state index in [0.29, 0.717) is 16.5 Å². The van der Waals surface area contributed by atoms with Crippen molar-refractivity contribution in [1.29, 1.82) is 0 Å². The lowest BCUT2D eigenvalue weighted by atomic mass is 9.86. The lowest BCUT2D eigenvalue weighted by Gasteiger charge is -2.23. The van der Waals surface area contributed by atoms with Crippen molar-refractivity contribution in [3.63, 3.8) is 0 Å². The maximum Gasteiger partial charge on any atom is 0.151 e. The molecule has 0 aliphatic rings. The van der Waals surface area contributed by atoms with Crippen LogP contribution in [0.3, 0.4) is 0 Å². The van der Waals surface area contributed by atoms with Gasteiger partial charge in [0.25, 0.3) is 0 Å². The monoisotopic (exact) mass is 275 g/mol. The number of hydrogen-bond acceptors (Lipinski definition) is 2. The Balaban J connectivity index is 2.42. The zero-order valence-corrected chi connectivity index (χ0v) is 12.2. The number of nitrogen functional groups attached to an aromatic ring is 1. The molecule has 0 bridgehead atoms. The van der Waals surface area contributed by atoms with E-state index in [0.717, 1.165) is 11.3 Å². The van der Waals surface area contributed by atoms with Crippen molar-refractivity contribution in [3.05, 3.63) is 53.1 Å². The van der Waals surface area contributed by atoms with E-state index in [9.17, 15) is 0 Å². The van der Waals surface area contributed by atoms with E-state index in [-0.39, 0.29) is 5.41 Å². The van der Waals surface area contributed by atoms with Gasteiger partial charge >= 0.3 is 0 Å². The Kier molecular flexibility index (Phi) is 3.72. The second kappa shape index (κ2) is 5.14. The molecular weight excluding hydrogens is 258 g/mol. The predicted octanol–water partition coefficient (Wildman–Crippen LogP) is 5.01.